The lowest BCUT2D eigenvalue weighted by molar-refractivity contribution is -0.123. The van der Waals surface area contributed by atoms with Crippen LogP contribution in [-0.4, -0.2) is 22.7 Å². The van der Waals surface area contributed by atoms with Crippen molar-refractivity contribution in [3.05, 3.63) is 98.9 Å². The monoisotopic (exact) mass is 515 g/mol. The summed E-state index contributed by atoms with van der Waals surface area (Å²) in [7, 11) is 0. The number of amides is 2. The first-order chi connectivity index (χ1) is 16.9. The first-order valence-electron chi connectivity index (χ1n) is 10.7. The number of nitrogens with zero attached hydrogens (tertiary/aromatic N) is 1. The Kier molecular flexibility index (Phi) is 7.73. The Balaban J connectivity index is 1.52. The van der Waals surface area contributed by atoms with Crippen LogP contribution in [0.2, 0.25) is 5.02 Å². The van der Waals surface area contributed by atoms with Gasteiger partial charge in [0.1, 0.15) is 18.2 Å². The van der Waals surface area contributed by atoms with Crippen molar-refractivity contribution in [3.8, 4) is 11.5 Å². The molecule has 1 aliphatic heterocycles. The molecule has 0 spiro atoms. The Morgan fingerprint density at radius 2 is 1.77 bits per heavy atom. The smallest absolute Gasteiger partial charge is 0.293 e. The lowest BCUT2D eigenvalue weighted by atomic mass is 10.1. The quantitative estimate of drug-likeness (QED) is 0.308. The molecule has 2 amide bonds. The maximum Gasteiger partial charge on any atom is 0.293 e. The summed E-state index contributed by atoms with van der Waals surface area (Å²) in [5.41, 5.74) is 1.50. The van der Waals surface area contributed by atoms with Crippen LogP contribution in [0.4, 0.5) is 13.6 Å². The summed E-state index contributed by atoms with van der Waals surface area (Å²) in [5.74, 6) is -0.510. The molecule has 5 nitrogen and oxygen atoms in total. The van der Waals surface area contributed by atoms with Crippen LogP contribution in [0.5, 0.6) is 11.5 Å². The Morgan fingerprint density at radius 3 is 2.49 bits per heavy atom. The summed E-state index contributed by atoms with van der Waals surface area (Å²) >= 11 is 6.90. The predicted molar refractivity (Wildman–Crippen MR) is 131 cm³/mol. The number of carbonyl (C=O) groups is 2. The van der Waals surface area contributed by atoms with E-state index in [1.54, 1.807) is 30.3 Å². The number of rotatable bonds is 8. The minimum absolute atomic E-state index is 0.0534. The van der Waals surface area contributed by atoms with Gasteiger partial charge in [-0.3, -0.25) is 14.5 Å². The molecule has 0 N–H and O–H groups in total. The van der Waals surface area contributed by atoms with Gasteiger partial charge in [0, 0.05) is 5.56 Å². The van der Waals surface area contributed by atoms with Gasteiger partial charge in [0.2, 0.25) is 0 Å². The van der Waals surface area contributed by atoms with Crippen LogP contribution in [0.3, 0.4) is 0 Å². The molecular formula is C26H20ClF2NO4S. The van der Waals surface area contributed by atoms with Gasteiger partial charge in [-0.1, -0.05) is 35.9 Å². The number of thioether (sulfide) groups is 1. The van der Waals surface area contributed by atoms with Crippen molar-refractivity contribution in [1.82, 2.24) is 4.90 Å². The van der Waals surface area contributed by atoms with E-state index < -0.39 is 22.8 Å². The van der Waals surface area contributed by atoms with Gasteiger partial charge < -0.3 is 9.47 Å². The Hall–Kier alpha value is -3.36. The molecular weight excluding hydrogens is 496 g/mol. The van der Waals surface area contributed by atoms with Gasteiger partial charge in [-0.25, -0.2) is 8.78 Å². The molecule has 1 aliphatic rings. The number of hydrogen-bond acceptors (Lipinski definition) is 5. The van der Waals surface area contributed by atoms with Gasteiger partial charge in [0.15, 0.2) is 11.5 Å². The van der Waals surface area contributed by atoms with Crippen LogP contribution < -0.4 is 9.47 Å². The fraction of sp³-hybridized carbons (Fsp3) is 0.154. The molecule has 9 heteroatoms. The summed E-state index contributed by atoms with van der Waals surface area (Å²) in [6.45, 7) is 2.13. The maximum absolute atomic E-state index is 14.1. The summed E-state index contributed by atoms with van der Waals surface area (Å²) in [4.78, 5) is 26.6. The minimum atomic E-state index is -0.469. The Morgan fingerprint density at radius 1 is 1.00 bits per heavy atom. The third-order valence-corrected chi connectivity index (χ3v) is 6.39. The summed E-state index contributed by atoms with van der Waals surface area (Å²) in [5, 5.41) is -0.145. The standard InChI is InChI=1S/C26H20ClF2NO4S/c1-2-33-23-12-17(8-11-22(23)34-15-19-20(27)4-3-5-21(19)29)13-24-25(31)30(26(32)35-24)14-16-6-9-18(28)10-7-16/h3-13H,2,14-15H2,1H3/b24-13-. The van der Waals surface area contributed by atoms with E-state index in [0.29, 0.717) is 29.2 Å². The predicted octanol–water partition coefficient (Wildman–Crippen LogP) is 6.83. The van der Waals surface area contributed by atoms with Crippen LogP contribution >= 0.6 is 23.4 Å². The normalized spacial score (nSPS) is 14.6. The summed E-state index contributed by atoms with van der Waals surface area (Å²) in [6.07, 6.45) is 1.59. The van der Waals surface area contributed by atoms with Crippen molar-refractivity contribution in [2.24, 2.45) is 0 Å². The van der Waals surface area contributed by atoms with Crippen molar-refractivity contribution in [2.75, 3.05) is 6.61 Å². The highest BCUT2D eigenvalue weighted by Crippen LogP contribution is 2.36. The molecule has 4 rings (SSSR count). The van der Waals surface area contributed by atoms with Gasteiger partial charge in [-0.05, 0) is 72.3 Å². The lowest BCUT2D eigenvalue weighted by Gasteiger charge is -2.14. The van der Waals surface area contributed by atoms with Gasteiger partial charge in [-0.15, -0.1) is 0 Å². The highest BCUT2D eigenvalue weighted by Gasteiger charge is 2.35. The minimum Gasteiger partial charge on any atom is -0.490 e. The molecule has 0 atom stereocenters. The van der Waals surface area contributed by atoms with Gasteiger partial charge in [0.05, 0.1) is 23.1 Å². The van der Waals surface area contributed by atoms with Gasteiger partial charge in [0.25, 0.3) is 11.1 Å². The number of benzene rings is 3. The number of halogens is 3. The molecule has 1 saturated heterocycles. The molecule has 1 heterocycles. The second-order valence-corrected chi connectivity index (χ2v) is 8.92. The van der Waals surface area contributed by atoms with E-state index in [1.165, 1.54) is 36.4 Å². The van der Waals surface area contributed by atoms with Crippen LogP contribution in [-0.2, 0) is 17.9 Å². The summed E-state index contributed by atoms with van der Waals surface area (Å²) < 4.78 is 38.6. The largest absolute Gasteiger partial charge is 0.490 e. The van der Waals surface area contributed by atoms with E-state index in [-0.39, 0.29) is 28.6 Å². The molecule has 35 heavy (non-hydrogen) atoms. The van der Waals surface area contributed by atoms with Crippen LogP contribution in [0, 0.1) is 11.6 Å². The average Bonchev–Trinajstić information content (AvgIpc) is 3.08. The maximum atomic E-state index is 14.1. The number of hydrogen-bond donors (Lipinski definition) is 0. The van der Waals surface area contributed by atoms with E-state index in [0.717, 1.165) is 16.7 Å². The number of imide groups is 1. The third kappa shape index (κ3) is 5.83. The average molecular weight is 516 g/mol. The summed E-state index contributed by atoms with van der Waals surface area (Å²) in [6, 6.07) is 15.1. The molecule has 0 radical (unpaired) electrons. The van der Waals surface area contributed by atoms with E-state index >= 15 is 0 Å². The molecule has 0 bridgehead atoms. The number of ether oxygens (including phenoxy) is 2. The second-order valence-electron chi connectivity index (χ2n) is 7.52. The molecule has 180 valence electrons. The van der Waals surface area contributed by atoms with Crippen LogP contribution in [0.1, 0.15) is 23.6 Å². The van der Waals surface area contributed by atoms with Crippen LogP contribution in [0.25, 0.3) is 6.08 Å². The van der Waals surface area contributed by atoms with Crippen molar-refractivity contribution < 1.29 is 27.8 Å². The molecule has 3 aromatic carbocycles. The molecule has 3 aromatic rings. The second kappa shape index (κ2) is 10.9. The van der Waals surface area contributed by atoms with E-state index in [4.69, 9.17) is 21.1 Å². The topological polar surface area (TPSA) is 55.8 Å². The zero-order chi connectivity index (χ0) is 24.9. The fourth-order valence-corrected chi connectivity index (χ4v) is 4.44. The zero-order valence-corrected chi connectivity index (χ0v) is 20.2. The van der Waals surface area contributed by atoms with E-state index in [1.807, 2.05) is 6.92 Å². The van der Waals surface area contributed by atoms with E-state index in [9.17, 15) is 18.4 Å². The highest BCUT2D eigenvalue weighted by atomic mass is 35.5. The lowest BCUT2D eigenvalue weighted by Crippen LogP contribution is -2.27. The van der Waals surface area contributed by atoms with Crippen molar-refractivity contribution >= 4 is 40.6 Å². The van der Waals surface area contributed by atoms with Crippen molar-refractivity contribution in [3.63, 3.8) is 0 Å². The first-order valence-corrected chi connectivity index (χ1v) is 11.9. The van der Waals surface area contributed by atoms with E-state index in [2.05, 4.69) is 0 Å². The fourth-order valence-electron chi connectivity index (χ4n) is 3.38. The molecule has 0 saturated carbocycles. The van der Waals surface area contributed by atoms with Crippen LogP contribution in [0.15, 0.2) is 65.6 Å². The molecule has 0 unspecified atom stereocenters. The first kappa shape index (κ1) is 24.8. The molecule has 0 aliphatic carbocycles. The highest BCUT2D eigenvalue weighted by molar-refractivity contribution is 8.18. The SMILES string of the molecule is CCOc1cc(/C=C2\SC(=O)N(Cc3ccc(F)cc3)C2=O)ccc1OCc1c(F)cccc1Cl. The van der Waals surface area contributed by atoms with Crippen molar-refractivity contribution in [2.45, 2.75) is 20.1 Å². The molecule has 1 fully saturated rings. The Bertz CT molecular complexity index is 1280. The third-order valence-electron chi connectivity index (χ3n) is 5.13. The molecule has 0 aromatic heterocycles. The van der Waals surface area contributed by atoms with Gasteiger partial charge >= 0.3 is 0 Å². The van der Waals surface area contributed by atoms with Gasteiger partial charge in [-0.2, -0.15) is 0 Å². The zero-order valence-electron chi connectivity index (χ0n) is 18.6. The van der Waals surface area contributed by atoms with Crippen molar-refractivity contribution in [1.29, 1.82) is 0 Å². The Labute approximate surface area is 210 Å². The number of carbonyl (C=O) groups excluding carboxylic acids is 2.